The van der Waals surface area contributed by atoms with Crippen molar-refractivity contribution in [1.82, 2.24) is 10.2 Å². The molecule has 7 nitrogen and oxygen atoms in total. The van der Waals surface area contributed by atoms with E-state index in [1.807, 2.05) is 13.8 Å². The minimum atomic E-state index is -0.707. The minimum absolute atomic E-state index is 0.182. The molecule has 0 aliphatic carbocycles. The summed E-state index contributed by atoms with van der Waals surface area (Å²) >= 11 is 0. The number of halogens is 1. The third kappa shape index (κ3) is 3.09. The second-order valence-electron chi connectivity index (χ2n) is 9.21. The highest BCUT2D eigenvalue weighted by molar-refractivity contribution is 6.09. The highest BCUT2D eigenvalue weighted by Gasteiger charge is 2.41. The van der Waals surface area contributed by atoms with Crippen LogP contribution < -0.4 is 10.2 Å². The lowest BCUT2D eigenvalue weighted by Crippen LogP contribution is -2.52. The van der Waals surface area contributed by atoms with Crippen LogP contribution in [0, 0.1) is 5.82 Å². The topological polar surface area (TPSA) is 86.8 Å². The van der Waals surface area contributed by atoms with Gasteiger partial charge in [0.2, 0.25) is 11.8 Å². The van der Waals surface area contributed by atoms with E-state index in [1.165, 1.54) is 17.0 Å². The average molecular weight is 435 g/mol. The maximum Gasteiger partial charge on any atom is 0.258 e. The lowest BCUT2D eigenvalue weighted by atomic mass is 9.87. The van der Waals surface area contributed by atoms with E-state index in [0.29, 0.717) is 28.9 Å². The summed E-state index contributed by atoms with van der Waals surface area (Å²) in [4.78, 5) is 52.9. The van der Waals surface area contributed by atoms with E-state index in [4.69, 9.17) is 0 Å². The monoisotopic (exact) mass is 435 g/mol. The molecule has 0 bridgehead atoms. The summed E-state index contributed by atoms with van der Waals surface area (Å²) in [5.41, 5.74) is 2.65. The largest absolute Gasteiger partial charge is 0.322 e. The fraction of sp³-hybridized carbons (Fsp3) is 0.333. The summed E-state index contributed by atoms with van der Waals surface area (Å²) in [7, 11) is 0. The Morgan fingerprint density at radius 2 is 1.91 bits per heavy atom. The van der Waals surface area contributed by atoms with E-state index in [-0.39, 0.29) is 42.5 Å². The summed E-state index contributed by atoms with van der Waals surface area (Å²) in [5.74, 6) is -1.77. The average Bonchev–Trinajstić information content (AvgIpc) is 3.20. The van der Waals surface area contributed by atoms with Crippen LogP contribution in [0.3, 0.4) is 0 Å². The molecule has 1 N–H and O–H groups in total. The van der Waals surface area contributed by atoms with Gasteiger partial charge in [-0.25, -0.2) is 4.39 Å². The van der Waals surface area contributed by atoms with Gasteiger partial charge in [0.1, 0.15) is 11.9 Å². The lowest BCUT2D eigenvalue weighted by molar-refractivity contribution is -0.136. The van der Waals surface area contributed by atoms with Crippen molar-refractivity contribution < 1.29 is 23.6 Å². The number of nitrogens with one attached hydrogen (secondary N) is 1. The van der Waals surface area contributed by atoms with Crippen molar-refractivity contribution in [2.24, 2.45) is 0 Å². The molecule has 5 rings (SSSR count). The number of hydrogen-bond acceptors (Lipinski definition) is 4. The van der Waals surface area contributed by atoms with Crippen LogP contribution in [-0.2, 0) is 21.5 Å². The van der Waals surface area contributed by atoms with Gasteiger partial charge in [-0.05, 0) is 47.9 Å². The summed E-state index contributed by atoms with van der Waals surface area (Å²) < 4.78 is 13.9. The quantitative estimate of drug-likeness (QED) is 0.735. The van der Waals surface area contributed by atoms with Gasteiger partial charge in [-0.3, -0.25) is 24.5 Å². The number of carbonyl (C=O) groups is 4. The van der Waals surface area contributed by atoms with Crippen molar-refractivity contribution in [2.45, 2.75) is 44.7 Å². The molecule has 8 heteroatoms. The zero-order chi connectivity index (χ0) is 22.8. The molecule has 32 heavy (non-hydrogen) atoms. The molecule has 1 saturated heterocycles. The Kier molecular flexibility index (Phi) is 4.44. The number of fused-ring (bicyclic) bond motifs is 2. The highest BCUT2D eigenvalue weighted by Crippen LogP contribution is 2.41. The van der Waals surface area contributed by atoms with E-state index in [1.54, 1.807) is 29.2 Å². The molecule has 0 aromatic heterocycles. The molecule has 1 fully saturated rings. The van der Waals surface area contributed by atoms with Crippen LogP contribution in [0.1, 0.15) is 58.5 Å². The molecule has 3 aliphatic rings. The molecule has 0 spiro atoms. The van der Waals surface area contributed by atoms with Gasteiger partial charge in [0.05, 0.1) is 5.69 Å². The number of benzene rings is 2. The maximum absolute atomic E-state index is 13.9. The summed E-state index contributed by atoms with van der Waals surface area (Å²) in [5, 5.41) is 2.28. The summed E-state index contributed by atoms with van der Waals surface area (Å²) in [6.45, 7) is 4.63. The van der Waals surface area contributed by atoms with Crippen LogP contribution >= 0.6 is 0 Å². The van der Waals surface area contributed by atoms with Gasteiger partial charge in [0, 0.05) is 36.1 Å². The van der Waals surface area contributed by atoms with Crippen molar-refractivity contribution in [3.05, 3.63) is 64.5 Å². The molecular weight excluding hydrogens is 413 g/mol. The SMILES string of the molecule is CC1(C)CN(C(=O)c2ccc3c(c2)CN(C2CCC(=O)NC2=O)C3=O)c2cc(F)ccc21. The zero-order valence-corrected chi connectivity index (χ0v) is 17.8. The highest BCUT2D eigenvalue weighted by atomic mass is 19.1. The Balaban J connectivity index is 1.43. The van der Waals surface area contributed by atoms with Crippen molar-refractivity contribution >= 4 is 29.3 Å². The lowest BCUT2D eigenvalue weighted by Gasteiger charge is -2.29. The molecule has 2 aromatic rings. The predicted molar refractivity (Wildman–Crippen MR) is 114 cm³/mol. The second-order valence-corrected chi connectivity index (χ2v) is 9.21. The molecule has 0 saturated carbocycles. The van der Waals surface area contributed by atoms with Crippen LogP contribution in [-0.4, -0.2) is 41.1 Å². The second kappa shape index (κ2) is 6.98. The third-order valence-corrected chi connectivity index (χ3v) is 6.55. The number of rotatable bonds is 2. The third-order valence-electron chi connectivity index (χ3n) is 6.55. The number of nitrogens with zero attached hydrogens (tertiary/aromatic N) is 2. The van der Waals surface area contributed by atoms with Crippen molar-refractivity contribution in [2.75, 3.05) is 11.4 Å². The van der Waals surface area contributed by atoms with Crippen molar-refractivity contribution in [3.63, 3.8) is 0 Å². The fourth-order valence-electron chi connectivity index (χ4n) is 4.91. The number of carbonyl (C=O) groups excluding carboxylic acids is 4. The Bertz CT molecular complexity index is 1210. The van der Waals surface area contributed by atoms with Crippen LogP contribution in [0.25, 0.3) is 0 Å². The standard InChI is InChI=1S/C24H22FN3O4/c1-24(2)12-28(19-10-15(25)4-6-17(19)24)22(31)13-3-5-16-14(9-13)11-27(23(16)32)18-7-8-20(29)26-21(18)30/h3-6,9-10,18H,7-8,11-12H2,1-2H3,(H,26,29,30). The van der Waals surface area contributed by atoms with Gasteiger partial charge in [-0.15, -0.1) is 0 Å². The zero-order valence-electron chi connectivity index (χ0n) is 17.8. The molecule has 4 amide bonds. The van der Waals surface area contributed by atoms with Gasteiger partial charge < -0.3 is 9.80 Å². The maximum atomic E-state index is 13.9. The number of hydrogen-bond donors (Lipinski definition) is 1. The molecule has 3 aliphatic heterocycles. The van der Waals surface area contributed by atoms with Crippen LogP contribution in [0.5, 0.6) is 0 Å². The predicted octanol–water partition coefficient (Wildman–Crippen LogP) is 2.52. The molecule has 1 atom stereocenters. The van der Waals surface area contributed by atoms with Crippen LogP contribution in [0.2, 0.25) is 0 Å². The first-order chi connectivity index (χ1) is 15.2. The molecule has 1 unspecified atom stereocenters. The number of imide groups is 1. The number of amides is 4. The Hall–Kier alpha value is -3.55. The first-order valence-electron chi connectivity index (χ1n) is 10.6. The van der Waals surface area contributed by atoms with Gasteiger partial charge in [0.15, 0.2) is 0 Å². The van der Waals surface area contributed by atoms with Crippen LogP contribution in [0.4, 0.5) is 10.1 Å². The Morgan fingerprint density at radius 1 is 1.12 bits per heavy atom. The van der Waals surface area contributed by atoms with E-state index < -0.39 is 17.8 Å². The first kappa shape index (κ1) is 20.4. The molecule has 3 heterocycles. The molecular formula is C24H22FN3O4. The number of piperidine rings is 1. The van der Waals surface area contributed by atoms with Gasteiger partial charge in [-0.2, -0.15) is 0 Å². The van der Waals surface area contributed by atoms with Gasteiger partial charge in [-0.1, -0.05) is 19.9 Å². The van der Waals surface area contributed by atoms with Gasteiger partial charge >= 0.3 is 0 Å². The molecule has 0 radical (unpaired) electrons. The van der Waals surface area contributed by atoms with E-state index in [2.05, 4.69) is 5.32 Å². The smallest absolute Gasteiger partial charge is 0.258 e. The van der Waals surface area contributed by atoms with Crippen molar-refractivity contribution in [1.29, 1.82) is 0 Å². The van der Waals surface area contributed by atoms with E-state index >= 15 is 0 Å². The minimum Gasteiger partial charge on any atom is -0.322 e. The van der Waals surface area contributed by atoms with E-state index in [9.17, 15) is 23.6 Å². The van der Waals surface area contributed by atoms with E-state index in [0.717, 1.165) is 5.56 Å². The first-order valence-corrected chi connectivity index (χ1v) is 10.6. The van der Waals surface area contributed by atoms with Gasteiger partial charge in [0.25, 0.3) is 11.8 Å². The Morgan fingerprint density at radius 3 is 2.66 bits per heavy atom. The summed E-state index contributed by atoms with van der Waals surface area (Å²) in [6.07, 6.45) is 0.461. The Labute approximate surface area is 184 Å². The number of anilines is 1. The van der Waals surface area contributed by atoms with Crippen LogP contribution in [0.15, 0.2) is 36.4 Å². The molecule has 2 aromatic carbocycles. The van der Waals surface area contributed by atoms with Crippen molar-refractivity contribution in [3.8, 4) is 0 Å². The normalized spacial score (nSPS) is 21.5. The molecule has 164 valence electrons. The fourth-order valence-corrected chi connectivity index (χ4v) is 4.91. The summed E-state index contributed by atoms with van der Waals surface area (Å²) in [6, 6.07) is 8.66.